The number of carbonyl (C=O) groups is 1. The van der Waals surface area contributed by atoms with Gasteiger partial charge < -0.3 is 9.73 Å². The molecular formula is C17H14N6O3. The van der Waals surface area contributed by atoms with Crippen LogP contribution < -0.4 is 16.4 Å². The smallest absolute Gasteiger partial charge is 0.388 e. The molecule has 0 fully saturated rings. The van der Waals surface area contributed by atoms with Crippen LogP contribution in [0.5, 0.6) is 0 Å². The lowest BCUT2D eigenvalue weighted by atomic mass is 10.0. The summed E-state index contributed by atoms with van der Waals surface area (Å²) in [6, 6.07) is 2.94. The van der Waals surface area contributed by atoms with Gasteiger partial charge in [0.2, 0.25) is 0 Å². The second kappa shape index (κ2) is 7.31. The summed E-state index contributed by atoms with van der Waals surface area (Å²) in [6.45, 7) is 2.30. The first-order valence-corrected chi connectivity index (χ1v) is 7.63. The number of urea groups is 1. The molecular weight excluding hydrogens is 336 g/mol. The first-order chi connectivity index (χ1) is 12.6. The van der Waals surface area contributed by atoms with Crippen LogP contribution in [0, 0.1) is 12.3 Å². The average Bonchev–Trinajstić information content (AvgIpc) is 3.08. The molecule has 26 heavy (non-hydrogen) atoms. The Morgan fingerprint density at radius 1 is 1.31 bits per heavy atom. The summed E-state index contributed by atoms with van der Waals surface area (Å²) in [4.78, 5) is 31.0. The van der Waals surface area contributed by atoms with Gasteiger partial charge in [0, 0.05) is 41.8 Å². The van der Waals surface area contributed by atoms with Crippen LogP contribution in [-0.2, 0) is 0 Å². The molecule has 9 heteroatoms. The number of hydrogen-bond donors (Lipinski definition) is 3. The number of rotatable bonds is 4. The Morgan fingerprint density at radius 3 is 2.81 bits per heavy atom. The van der Waals surface area contributed by atoms with Crippen LogP contribution in [-0.4, -0.2) is 32.7 Å². The fourth-order valence-corrected chi connectivity index (χ4v) is 2.25. The molecule has 3 N–H and O–H groups in total. The maximum atomic E-state index is 11.6. The molecule has 3 aromatic heterocycles. The van der Waals surface area contributed by atoms with Crippen molar-refractivity contribution in [3.63, 3.8) is 0 Å². The van der Waals surface area contributed by atoms with Crippen LogP contribution >= 0.6 is 0 Å². The number of amides is 2. The highest BCUT2D eigenvalue weighted by molar-refractivity contribution is 5.89. The summed E-state index contributed by atoms with van der Waals surface area (Å²) < 4.78 is 4.93. The first-order valence-electron chi connectivity index (χ1n) is 7.63. The van der Waals surface area contributed by atoms with Gasteiger partial charge in [-0.2, -0.15) is 0 Å². The first kappa shape index (κ1) is 16.9. The van der Waals surface area contributed by atoms with Crippen molar-refractivity contribution in [1.82, 2.24) is 25.5 Å². The zero-order valence-electron chi connectivity index (χ0n) is 13.7. The molecule has 0 atom stereocenters. The fourth-order valence-electron chi connectivity index (χ4n) is 2.25. The largest absolute Gasteiger partial charge is 0.434 e. The number of hydrogen-bond acceptors (Lipinski definition) is 6. The third-order valence-corrected chi connectivity index (χ3v) is 3.37. The van der Waals surface area contributed by atoms with Crippen molar-refractivity contribution in [2.45, 2.75) is 6.92 Å². The summed E-state index contributed by atoms with van der Waals surface area (Å²) in [5.41, 5.74) is 2.34. The van der Waals surface area contributed by atoms with Crippen LogP contribution in [0.3, 0.4) is 0 Å². The third kappa shape index (κ3) is 3.59. The minimum atomic E-state index is -0.655. The molecule has 3 rings (SSSR count). The van der Waals surface area contributed by atoms with Gasteiger partial charge in [0.1, 0.15) is 5.82 Å². The number of aromatic amines is 1. The van der Waals surface area contributed by atoms with Gasteiger partial charge in [0.15, 0.2) is 0 Å². The molecule has 130 valence electrons. The Morgan fingerprint density at radius 2 is 2.12 bits per heavy atom. The SMILES string of the molecule is C#Cc1cc(NC(=O)NCC)ncc1-c1cncc(-c2n[nH]c(=O)o2)c1. The van der Waals surface area contributed by atoms with E-state index in [1.807, 2.05) is 6.92 Å². The maximum Gasteiger partial charge on any atom is 0.434 e. The van der Waals surface area contributed by atoms with Gasteiger partial charge in [-0.15, -0.1) is 11.5 Å². The molecule has 0 radical (unpaired) electrons. The predicted octanol–water partition coefficient (Wildman–Crippen LogP) is 1.61. The second-order valence-corrected chi connectivity index (χ2v) is 5.12. The fraction of sp³-hybridized carbons (Fsp3) is 0.118. The number of aromatic nitrogens is 4. The lowest BCUT2D eigenvalue weighted by Crippen LogP contribution is -2.28. The molecule has 0 spiro atoms. The number of anilines is 1. The monoisotopic (exact) mass is 350 g/mol. The Labute approximate surface area is 147 Å². The standard InChI is InChI=1S/C17H14N6O3/c1-3-10-6-14(21-16(24)19-4-2)20-9-13(10)11-5-12(8-18-7-11)15-22-23-17(25)26-15/h1,5-9H,4H2,2H3,(H,23,25)(H2,19,20,21,24). The lowest BCUT2D eigenvalue weighted by Gasteiger charge is -2.09. The number of H-pyrrole nitrogens is 1. The number of pyridine rings is 2. The van der Waals surface area contributed by atoms with E-state index in [9.17, 15) is 9.59 Å². The predicted molar refractivity (Wildman–Crippen MR) is 94.2 cm³/mol. The van der Waals surface area contributed by atoms with Crippen LogP contribution in [0.2, 0.25) is 0 Å². The summed E-state index contributed by atoms with van der Waals surface area (Å²) in [6.07, 6.45) is 10.2. The minimum absolute atomic E-state index is 0.120. The normalized spacial score (nSPS) is 10.2. The van der Waals surface area contributed by atoms with Crippen molar-refractivity contribution in [1.29, 1.82) is 0 Å². The van der Waals surface area contributed by atoms with Crippen LogP contribution in [0.25, 0.3) is 22.6 Å². The van der Waals surface area contributed by atoms with Crippen molar-refractivity contribution < 1.29 is 9.21 Å². The van der Waals surface area contributed by atoms with Crippen LogP contribution in [0.1, 0.15) is 12.5 Å². The van der Waals surface area contributed by atoms with Gasteiger partial charge in [-0.1, -0.05) is 5.92 Å². The van der Waals surface area contributed by atoms with Gasteiger partial charge >= 0.3 is 11.8 Å². The Bertz CT molecular complexity index is 1050. The van der Waals surface area contributed by atoms with E-state index >= 15 is 0 Å². The summed E-state index contributed by atoms with van der Waals surface area (Å²) in [5.74, 6) is 2.36. The maximum absolute atomic E-state index is 11.6. The van der Waals surface area contributed by atoms with Gasteiger partial charge in [0.05, 0.1) is 5.56 Å². The van der Waals surface area contributed by atoms with E-state index in [4.69, 9.17) is 10.8 Å². The number of terminal acetylenes is 1. The summed E-state index contributed by atoms with van der Waals surface area (Å²) >= 11 is 0. The molecule has 0 unspecified atom stereocenters. The molecule has 2 amide bonds. The molecule has 0 aliphatic heterocycles. The van der Waals surface area contributed by atoms with Gasteiger partial charge in [-0.3, -0.25) is 10.3 Å². The van der Waals surface area contributed by atoms with E-state index in [1.54, 1.807) is 18.3 Å². The van der Waals surface area contributed by atoms with Crippen LogP contribution in [0.15, 0.2) is 39.9 Å². The highest BCUT2D eigenvalue weighted by atomic mass is 16.4. The Hall–Kier alpha value is -3.93. The lowest BCUT2D eigenvalue weighted by molar-refractivity contribution is 0.252. The molecule has 9 nitrogen and oxygen atoms in total. The Kier molecular flexibility index (Phi) is 4.76. The van der Waals surface area contributed by atoms with Crippen molar-refractivity contribution in [2.24, 2.45) is 0 Å². The summed E-state index contributed by atoms with van der Waals surface area (Å²) in [7, 11) is 0. The number of carbonyl (C=O) groups excluding carboxylic acids is 1. The second-order valence-electron chi connectivity index (χ2n) is 5.12. The molecule has 0 aromatic carbocycles. The van der Waals surface area contributed by atoms with E-state index in [0.717, 1.165) is 0 Å². The molecule has 3 heterocycles. The van der Waals surface area contributed by atoms with Gasteiger partial charge in [-0.25, -0.2) is 19.7 Å². The number of nitrogens with zero attached hydrogens (tertiary/aromatic N) is 3. The third-order valence-electron chi connectivity index (χ3n) is 3.37. The van der Waals surface area contributed by atoms with E-state index in [-0.39, 0.29) is 11.9 Å². The molecule has 0 aliphatic carbocycles. The van der Waals surface area contributed by atoms with E-state index in [2.05, 4.69) is 36.7 Å². The Balaban J connectivity index is 1.95. The summed E-state index contributed by atoms with van der Waals surface area (Å²) in [5, 5.41) is 11.2. The van der Waals surface area contributed by atoms with E-state index in [0.29, 0.717) is 34.6 Å². The van der Waals surface area contributed by atoms with E-state index < -0.39 is 5.76 Å². The highest BCUT2D eigenvalue weighted by Gasteiger charge is 2.12. The molecule has 0 aliphatic rings. The van der Waals surface area contributed by atoms with Gasteiger partial charge in [0.25, 0.3) is 5.89 Å². The van der Waals surface area contributed by atoms with Crippen molar-refractivity contribution >= 4 is 11.8 Å². The van der Waals surface area contributed by atoms with E-state index in [1.165, 1.54) is 12.4 Å². The quantitative estimate of drug-likeness (QED) is 0.614. The molecule has 0 saturated carbocycles. The molecule has 0 bridgehead atoms. The van der Waals surface area contributed by atoms with Crippen LogP contribution in [0.4, 0.5) is 10.6 Å². The van der Waals surface area contributed by atoms with Gasteiger partial charge in [-0.05, 0) is 19.1 Å². The van der Waals surface area contributed by atoms with Crippen molar-refractivity contribution in [2.75, 3.05) is 11.9 Å². The minimum Gasteiger partial charge on any atom is -0.388 e. The molecule has 0 saturated heterocycles. The van der Waals surface area contributed by atoms with Crippen molar-refractivity contribution in [3.8, 4) is 34.9 Å². The zero-order valence-corrected chi connectivity index (χ0v) is 13.7. The highest BCUT2D eigenvalue weighted by Crippen LogP contribution is 2.27. The molecule has 3 aromatic rings. The van der Waals surface area contributed by atoms with Crippen molar-refractivity contribution in [3.05, 3.63) is 46.8 Å². The topological polar surface area (TPSA) is 126 Å². The average molecular weight is 350 g/mol. The number of nitrogens with one attached hydrogen (secondary N) is 3. The zero-order chi connectivity index (χ0) is 18.5.